The van der Waals surface area contributed by atoms with Crippen LogP contribution in [0, 0.1) is 20.8 Å². The summed E-state index contributed by atoms with van der Waals surface area (Å²) in [4.78, 5) is 2.43. The molecule has 1 heterocycles. The Morgan fingerprint density at radius 3 is 2.38 bits per heavy atom. The van der Waals surface area contributed by atoms with E-state index in [0.29, 0.717) is 0 Å². The van der Waals surface area contributed by atoms with E-state index in [2.05, 4.69) is 37.1 Å². The molecule has 0 spiro atoms. The normalized spacial score (nSPS) is 16.6. The number of rotatable bonds is 1. The van der Waals surface area contributed by atoms with E-state index in [1.54, 1.807) is 0 Å². The van der Waals surface area contributed by atoms with Gasteiger partial charge in [0, 0.05) is 37.6 Å². The van der Waals surface area contributed by atoms with Gasteiger partial charge in [0.05, 0.1) is 0 Å². The fraction of sp³-hybridized carbons (Fsp3) is 0.538. The van der Waals surface area contributed by atoms with Gasteiger partial charge >= 0.3 is 0 Å². The van der Waals surface area contributed by atoms with Crippen LogP contribution in [0.2, 0.25) is 0 Å². The number of nitrogens with two attached hydrogens (primary N) is 1. The fourth-order valence-electron chi connectivity index (χ4n) is 2.29. The zero-order valence-electron chi connectivity index (χ0n) is 10.4. The quantitative estimate of drug-likeness (QED) is 0.705. The van der Waals surface area contributed by atoms with Gasteiger partial charge in [0.15, 0.2) is 0 Å². The Kier molecular flexibility index (Phi) is 3.06. The summed E-state index contributed by atoms with van der Waals surface area (Å²) in [5.41, 5.74) is 12.1. The molecule has 0 atom stereocenters. The Bertz CT molecular complexity index is 393. The number of nitrogen functional groups attached to an aromatic ring is 1. The highest BCUT2D eigenvalue weighted by atomic mass is 15.2. The van der Waals surface area contributed by atoms with Crippen molar-refractivity contribution in [3.05, 3.63) is 22.8 Å². The van der Waals surface area contributed by atoms with Gasteiger partial charge in [0.25, 0.3) is 0 Å². The van der Waals surface area contributed by atoms with Crippen LogP contribution < -0.4 is 16.0 Å². The maximum atomic E-state index is 6.15. The van der Waals surface area contributed by atoms with Crippen molar-refractivity contribution in [2.45, 2.75) is 20.8 Å². The number of nitrogens with zero attached hydrogens (tertiary/aromatic N) is 1. The van der Waals surface area contributed by atoms with E-state index in [1.807, 2.05) is 0 Å². The average molecular weight is 219 g/mol. The number of piperazine rings is 1. The number of anilines is 2. The standard InChI is InChI=1S/C13H21N3/c1-9-8-12(11(3)13(14)10(9)2)16-6-4-15-5-7-16/h8,15H,4-7,14H2,1-3H3. The maximum Gasteiger partial charge on any atom is 0.0420 e. The minimum Gasteiger partial charge on any atom is -0.398 e. The molecule has 3 heteroatoms. The highest BCUT2D eigenvalue weighted by Crippen LogP contribution is 2.30. The van der Waals surface area contributed by atoms with Crippen LogP contribution in [-0.2, 0) is 0 Å². The van der Waals surface area contributed by atoms with Gasteiger partial charge in [0.1, 0.15) is 0 Å². The van der Waals surface area contributed by atoms with Gasteiger partial charge in [-0.25, -0.2) is 0 Å². The van der Waals surface area contributed by atoms with Crippen LogP contribution in [-0.4, -0.2) is 26.2 Å². The lowest BCUT2D eigenvalue weighted by molar-refractivity contribution is 0.588. The van der Waals surface area contributed by atoms with Crippen molar-refractivity contribution in [1.29, 1.82) is 0 Å². The lowest BCUT2D eigenvalue weighted by atomic mass is 10.0. The molecular weight excluding hydrogens is 198 g/mol. The summed E-state index contributed by atoms with van der Waals surface area (Å²) in [6.07, 6.45) is 0. The number of hydrogen-bond donors (Lipinski definition) is 2. The third kappa shape index (κ3) is 1.87. The lowest BCUT2D eigenvalue weighted by Crippen LogP contribution is -2.43. The molecule has 1 aliphatic heterocycles. The van der Waals surface area contributed by atoms with Gasteiger partial charge in [-0.15, -0.1) is 0 Å². The Balaban J connectivity index is 2.40. The second-order valence-corrected chi connectivity index (χ2v) is 4.61. The van der Waals surface area contributed by atoms with Crippen LogP contribution in [0.1, 0.15) is 16.7 Å². The van der Waals surface area contributed by atoms with Crippen molar-refractivity contribution in [3.8, 4) is 0 Å². The van der Waals surface area contributed by atoms with E-state index < -0.39 is 0 Å². The molecule has 16 heavy (non-hydrogen) atoms. The highest BCUT2D eigenvalue weighted by Gasteiger charge is 2.15. The molecule has 2 rings (SSSR count). The molecule has 1 aliphatic rings. The van der Waals surface area contributed by atoms with Gasteiger partial charge < -0.3 is 16.0 Å². The first-order valence-corrected chi connectivity index (χ1v) is 5.93. The first-order valence-electron chi connectivity index (χ1n) is 5.93. The monoisotopic (exact) mass is 219 g/mol. The van der Waals surface area contributed by atoms with E-state index in [4.69, 9.17) is 5.73 Å². The summed E-state index contributed by atoms with van der Waals surface area (Å²) in [5, 5.41) is 3.37. The largest absolute Gasteiger partial charge is 0.398 e. The molecule has 3 N–H and O–H groups in total. The van der Waals surface area contributed by atoms with Crippen molar-refractivity contribution in [2.24, 2.45) is 0 Å². The van der Waals surface area contributed by atoms with Crippen LogP contribution in [0.4, 0.5) is 11.4 Å². The minimum atomic E-state index is 0.952. The van der Waals surface area contributed by atoms with Gasteiger partial charge in [-0.1, -0.05) is 0 Å². The van der Waals surface area contributed by atoms with Crippen molar-refractivity contribution < 1.29 is 0 Å². The predicted octanol–water partition coefficient (Wildman–Crippen LogP) is 1.60. The molecule has 1 aromatic rings. The van der Waals surface area contributed by atoms with Crippen LogP contribution in [0.25, 0.3) is 0 Å². The molecule has 0 saturated carbocycles. The minimum absolute atomic E-state index is 0.952. The average Bonchev–Trinajstić information content (AvgIpc) is 2.32. The number of aryl methyl sites for hydroxylation is 1. The Labute approximate surface area is 97.6 Å². The number of nitrogens with one attached hydrogen (secondary N) is 1. The Morgan fingerprint density at radius 2 is 1.75 bits per heavy atom. The van der Waals surface area contributed by atoms with E-state index >= 15 is 0 Å². The molecule has 3 nitrogen and oxygen atoms in total. The van der Waals surface area contributed by atoms with E-state index in [-0.39, 0.29) is 0 Å². The molecule has 1 aromatic carbocycles. The summed E-state index contributed by atoms with van der Waals surface area (Å²) in [5.74, 6) is 0. The highest BCUT2D eigenvalue weighted by molar-refractivity contribution is 5.69. The fourth-order valence-corrected chi connectivity index (χ4v) is 2.29. The summed E-state index contributed by atoms with van der Waals surface area (Å²) >= 11 is 0. The molecule has 1 fully saturated rings. The predicted molar refractivity (Wildman–Crippen MR) is 70.1 cm³/mol. The van der Waals surface area contributed by atoms with Crippen LogP contribution in [0.15, 0.2) is 6.07 Å². The molecule has 0 unspecified atom stereocenters. The Morgan fingerprint density at radius 1 is 1.12 bits per heavy atom. The van der Waals surface area contributed by atoms with Gasteiger partial charge in [-0.2, -0.15) is 0 Å². The molecule has 0 bridgehead atoms. The molecule has 0 amide bonds. The molecular formula is C13H21N3. The second kappa shape index (κ2) is 4.34. The van der Waals surface area contributed by atoms with Crippen LogP contribution >= 0.6 is 0 Å². The first kappa shape index (κ1) is 11.3. The van der Waals surface area contributed by atoms with Crippen molar-refractivity contribution in [2.75, 3.05) is 36.8 Å². The summed E-state index contributed by atoms with van der Waals surface area (Å²) < 4.78 is 0. The van der Waals surface area contributed by atoms with Gasteiger partial charge in [0.2, 0.25) is 0 Å². The van der Waals surface area contributed by atoms with Gasteiger partial charge in [-0.3, -0.25) is 0 Å². The number of benzene rings is 1. The third-order valence-electron chi connectivity index (χ3n) is 3.59. The van der Waals surface area contributed by atoms with Crippen LogP contribution in [0.5, 0.6) is 0 Å². The SMILES string of the molecule is Cc1cc(N2CCNCC2)c(C)c(N)c1C. The Hall–Kier alpha value is -1.22. The van der Waals surface area contributed by atoms with Crippen molar-refractivity contribution >= 4 is 11.4 Å². The first-order chi connectivity index (χ1) is 7.61. The molecule has 0 aromatic heterocycles. The summed E-state index contributed by atoms with van der Waals surface area (Å²) in [6, 6.07) is 2.27. The zero-order chi connectivity index (χ0) is 11.7. The maximum absolute atomic E-state index is 6.15. The van der Waals surface area contributed by atoms with E-state index in [1.165, 1.54) is 22.4 Å². The van der Waals surface area contributed by atoms with Crippen molar-refractivity contribution in [3.63, 3.8) is 0 Å². The van der Waals surface area contributed by atoms with E-state index in [9.17, 15) is 0 Å². The molecule has 0 aliphatic carbocycles. The smallest absolute Gasteiger partial charge is 0.0420 e. The third-order valence-corrected chi connectivity index (χ3v) is 3.59. The van der Waals surface area contributed by atoms with Crippen LogP contribution in [0.3, 0.4) is 0 Å². The summed E-state index contributed by atoms with van der Waals surface area (Å²) in [7, 11) is 0. The molecule has 88 valence electrons. The number of hydrogen-bond acceptors (Lipinski definition) is 3. The van der Waals surface area contributed by atoms with Crippen molar-refractivity contribution in [1.82, 2.24) is 5.32 Å². The summed E-state index contributed by atoms with van der Waals surface area (Å²) in [6.45, 7) is 10.6. The van der Waals surface area contributed by atoms with Gasteiger partial charge in [-0.05, 0) is 43.5 Å². The topological polar surface area (TPSA) is 41.3 Å². The second-order valence-electron chi connectivity index (χ2n) is 4.61. The zero-order valence-corrected chi connectivity index (χ0v) is 10.4. The lowest BCUT2D eigenvalue weighted by Gasteiger charge is -2.31. The van der Waals surface area contributed by atoms with E-state index in [0.717, 1.165) is 31.9 Å². The molecule has 0 radical (unpaired) electrons. The molecule has 1 saturated heterocycles.